The monoisotopic (exact) mass is 370 g/mol. The molecular formula is C18H15FN4O4. The van der Waals surface area contributed by atoms with Gasteiger partial charge in [-0.25, -0.2) is 14.4 Å². The van der Waals surface area contributed by atoms with Crippen LogP contribution in [-0.4, -0.2) is 25.8 Å². The van der Waals surface area contributed by atoms with Gasteiger partial charge in [-0.15, -0.1) is 0 Å². The van der Waals surface area contributed by atoms with Gasteiger partial charge in [0.1, 0.15) is 23.7 Å². The van der Waals surface area contributed by atoms with Crippen LogP contribution in [0.25, 0.3) is 0 Å². The Hall–Kier alpha value is -3.49. The first-order valence-corrected chi connectivity index (χ1v) is 8.20. The molecule has 0 unspecified atom stereocenters. The fourth-order valence-corrected chi connectivity index (χ4v) is 2.87. The molecule has 1 aliphatic heterocycles. The topological polar surface area (TPSA) is 101 Å². The Morgan fingerprint density at radius 2 is 2.22 bits per heavy atom. The van der Waals surface area contributed by atoms with E-state index in [2.05, 4.69) is 15.0 Å². The lowest BCUT2D eigenvalue weighted by Crippen LogP contribution is -2.26. The van der Waals surface area contributed by atoms with E-state index < -0.39 is 5.82 Å². The quantitative estimate of drug-likeness (QED) is 0.753. The molecule has 1 amide bonds. The second-order valence-electron chi connectivity index (χ2n) is 6.11. The van der Waals surface area contributed by atoms with Gasteiger partial charge in [-0.3, -0.25) is 9.59 Å². The number of rotatable bonds is 4. The van der Waals surface area contributed by atoms with Gasteiger partial charge in [0, 0.05) is 6.07 Å². The summed E-state index contributed by atoms with van der Waals surface area (Å²) in [5.41, 5.74) is 0.931. The molecule has 0 fully saturated rings. The minimum Gasteiger partial charge on any atom is -0.484 e. The lowest BCUT2D eigenvalue weighted by molar-refractivity contribution is 0.0744. The number of amides is 1. The third-order valence-corrected chi connectivity index (χ3v) is 4.13. The minimum absolute atomic E-state index is 0.0443. The average molecular weight is 370 g/mol. The Balaban J connectivity index is 1.43. The first-order chi connectivity index (χ1) is 13.0. The number of carbonyl (C=O) groups excluding carboxylic acids is 1. The zero-order valence-corrected chi connectivity index (χ0v) is 14.4. The summed E-state index contributed by atoms with van der Waals surface area (Å²) in [6, 6.07) is 5.68. The molecule has 138 valence electrons. The lowest BCUT2D eigenvalue weighted by atomic mass is 10.3. The van der Waals surface area contributed by atoms with Crippen LogP contribution in [0.3, 0.4) is 0 Å². The Morgan fingerprint density at radius 1 is 1.37 bits per heavy atom. The molecular weight excluding hydrogens is 355 g/mol. The molecule has 0 bridgehead atoms. The molecule has 0 spiro atoms. The van der Waals surface area contributed by atoms with Crippen molar-refractivity contribution in [3.8, 4) is 5.75 Å². The van der Waals surface area contributed by atoms with Crippen molar-refractivity contribution in [3.63, 3.8) is 0 Å². The molecule has 0 atom stereocenters. The van der Waals surface area contributed by atoms with Gasteiger partial charge in [0.15, 0.2) is 12.3 Å². The van der Waals surface area contributed by atoms with Crippen LogP contribution in [0.5, 0.6) is 5.75 Å². The second-order valence-corrected chi connectivity index (χ2v) is 6.11. The summed E-state index contributed by atoms with van der Waals surface area (Å²) in [7, 11) is 0. The molecule has 27 heavy (non-hydrogen) atoms. The summed E-state index contributed by atoms with van der Waals surface area (Å²) in [5.74, 6) is 0.239. The number of aromatic nitrogens is 3. The molecule has 1 aliphatic rings. The van der Waals surface area contributed by atoms with Crippen molar-refractivity contribution in [1.82, 2.24) is 19.9 Å². The fraction of sp³-hybridized carbons (Fsp3) is 0.222. The van der Waals surface area contributed by atoms with Crippen LogP contribution in [0.1, 0.15) is 33.5 Å². The Morgan fingerprint density at radius 3 is 3.04 bits per heavy atom. The molecule has 9 heteroatoms. The van der Waals surface area contributed by atoms with Gasteiger partial charge in [0.25, 0.3) is 11.5 Å². The van der Waals surface area contributed by atoms with Crippen molar-refractivity contribution < 1.29 is 18.3 Å². The number of halogens is 1. The molecule has 0 saturated carbocycles. The van der Waals surface area contributed by atoms with E-state index in [1.54, 1.807) is 13.0 Å². The van der Waals surface area contributed by atoms with E-state index in [1.807, 2.05) is 0 Å². The van der Waals surface area contributed by atoms with Crippen LogP contribution in [0.4, 0.5) is 4.39 Å². The maximum atomic E-state index is 13.1. The van der Waals surface area contributed by atoms with Crippen molar-refractivity contribution in [3.05, 3.63) is 75.4 Å². The third-order valence-electron chi connectivity index (χ3n) is 4.13. The predicted octanol–water partition coefficient (Wildman–Crippen LogP) is 1.94. The number of aryl methyl sites for hydroxylation is 1. The Bertz CT molecular complexity index is 1080. The first kappa shape index (κ1) is 17.0. The third kappa shape index (κ3) is 3.43. The zero-order valence-electron chi connectivity index (χ0n) is 14.4. The summed E-state index contributed by atoms with van der Waals surface area (Å²) in [5, 5.41) is 0. The molecule has 1 N–H and O–H groups in total. The number of fused-ring (bicyclic) bond motifs is 1. The number of nitrogens with one attached hydrogen (secondary N) is 1. The lowest BCUT2D eigenvalue weighted by Gasteiger charge is -2.12. The number of carbonyl (C=O) groups is 1. The first-order valence-electron chi connectivity index (χ1n) is 8.20. The highest BCUT2D eigenvalue weighted by Crippen LogP contribution is 2.20. The summed E-state index contributed by atoms with van der Waals surface area (Å²) in [6.07, 6.45) is 1.23. The number of oxazole rings is 1. The van der Waals surface area contributed by atoms with E-state index in [-0.39, 0.29) is 42.7 Å². The minimum atomic E-state index is -0.414. The van der Waals surface area contributed by atoms with Crippen molar-refractivity contribution in [2.24, 2.45) is 0 Å². The van der Waals surface area contributed by atoms with Crippen LogP contribution in [0.15, 0.2) is 39.7 Å². The number of ether oxygens (including phenoxy) is 1. The smallest absolute Gasteiger partial charge is 0.276 e. The Labute approximate surface area is 152 Å². The van der Waals surface area contributed by atoms with Crippen molar-refractivity contribution in [2.75, 3.05) is 0 Å². The molecule has 0 radical (unpaired) electrons. The SMILES string of the molecule is Cc1nc2c(c(=O)[nH]1)CN(C(=O)c1coc(COc3cccc(F)c3)n1)C2. The molecule has 0 aliphatic carbocycles. The number of H-pyrrole nitrogens is 1. The van der Waals surface area contributed by atoms with Gasteiger partial charge in [-0.2, -0.15) is 0 Å². The molecule has 3 aromatic rings. The van der Waals surface area contributed by atoms with E-state index in [0.717, 1.165) is 0 Å². The van der Waals surface area contributed by atoms with Gasteiger partial charge in [-0.05, 0) is 19.1 Å². The largest absolute Gasteiger partial charge is 0.484 e. The zero-order chi connectivity index (χ0) is 19.0. The van der Waals surface area contributed by atoms with Crippen molar-refractivity contribution in [2.45, 2.75) is 26.6 Å². The molecule has 2 aromatic heterocycles. The van der Waals surface area contributed by atoms with E-state index in [4.69, 9.17) is 9.15 Å². The van der Waals surface area contributed by atoms with Gasteiger partial charge >= 0.3 is 0 Å². The van der Waals surface area contributed by atoms with E-state index in [9.17, 15) is 14.0 Å². The molecule has 1 aromatic carbocycles. The second kappa shape index (κ2) is 6.67. The summed E-state index contributed by atoms with van der Waals surface area (Å²) >= 11 is 0. The molecule has 8 nitrogen and oxygen atoms in total. The maximum Gasteiger partial charge on any atom is 0.276 e. The molecule has 4 rings (SSSR count). The number of hydrogen-bond donors (Lipinski definition) is 1. The standard InChI is InChI=1S/C18H15FN4O4/c1-10-20-14-7-23(6-13(14)17(24)21-10)18(25)15-8-27-16(22-15)9-26-12-4-2-3-11(19)5-12/h2-5,8H,6-7,9H2,1H3,(H,20,21,24). The van der Waals surface area contributed by atoms with Gasteiger partial charge in [0.2, 0.25) is 5.89 Å². The van der Waals surface area contributed by atoms with Gasteiger partial charge in [-0.1, -0.05) is 6.07 Å². The summed E-state index contributed by atoms with van der Waals surface area (Å²) in [4.78, 5) is 37.1. The average Bonchev–Trinajstić information content (AvgIpc) is 3.26. The van der Waals surface area contributed by atoms with E-state index in [0.29, 0.717) is 22.8 Å². The Kier molecular flexibility index (Phi) is 4.19. The van der Waals surface area contributed by atoms with Gasteiger partial charge in [0.05, 0.1) is 24.3 Å². The van der Waals surface area contributed by atoms with Crippen LogP contribution < -0.4 is 10.3 Å². The van der Waals surface area contributed by atoms with Gasteiger partial charge < -0.3 is 19.0 Å². The summed E-state index contributed by atoms with van der Waals surface area (Å²) in [6.45, 7) is 2.05. The normalized spacial score (nSPS) is 12.9. The molecule has 0 saturated heterocycles. The number of aromatic amines is 1. The number of nitrogens with zero attached hydrogens (tertiary/aromatic N) is 3. The highest BCUT2D eigenvalue weighted by Gasteiger charge is 2.29. The van der Waals surface area contributed by atoms with Crippen LogP contribution in [-0.2, 0) is 19.7 Å². The highest BCUT2D eigenvalue weighted by atomic mass is 19.1. The predicted molar refractivity (Wildman–Crippen MR) is 90.4 cm³/mol. The highest BCUT2D eigenvalue weighted by molar-refractivity contribution is 5.92. The number of benzene rings is 1. The summed E-state index contributed by atoms with van der Waals surface area (Å²) < 4.78 is 23.8. The maximum absolute atomic E-state index is 13.1. The number of hydrogen-bond acceptors (Lipinski definition) is 6. The van der Waals surface area contributed by atoms with Crippen molar-refractivity contribution >= 4 is 5.91 Å². The van der Waals surface area contributed by atoms with Crippen LogP contribution >= 0.6 is 0 Å². The van der Waals surface area contributed by atoms with Crippen molar-refractivity contribution in [1.29, 1.82) is 0 Å². The van der Waals surface area contributed by atoms with E-state index in [1.165, 1.54) is 29.4 Å². The van der Waals surface area contributed by atoms with E-state index >= 15 is 0 Å². The van der Waals surface area contributed by atoms with Crippen LogP contribution in [0.2, 0.25) is 0 Å². The fourth-order valence-electron chi connectivity index (χ4n) is 2.87. The molecule has 3 heterocycles. The van der Waals surface area contributed by atoms with Crippen LogP contribution in [0, 0.1) is 12.7 Å².